The number of aliphatic hydroxyl groups excluding tert-OH is 1. The van der Waals surface area contributed by atoms with Crippen LogP contribution in [0.1, 0.15) is 33.6 Å². The van der Waals surface area contributed by atoms with E-state index in [9.17, 15) is 14.7 Å². The van der Waals surface area contributed by atoms with Crippen LogP contribution >= 0.6 is 0 Å². The SMILES string of the molecule is Nc1ncc(C2C=CC(=O)N=C2)nc1-c1ccc(C(=O)N[C@H](CO)c2ccccc2)cc1. The first-order chi connectivity index (χ1) is 15.5. The van der Waals surface area contributed by atoms with Crippen LogP contribution in [0.25, 0.3) is 11.3 Å². The quantitative estimate of drug-likeness (QED) is 0.554. The summed E-state index contributed by atoms with van der Waals surface area (Å²) in [7, 11) is 0. The minimum absolute atomic E-state index is 0.211. The van der Waals surface area contributed by atoms with E-state index in [1.165, 1.54) is 12.3 Å². The van der Waals surface area contributed by atoms with Crippen molar-refractivity contribution >= 4 is 23.8 Å². The molecule has 1 aliphatic rings. The summed E-state index contributed by atoms with van der Waals surface area (Å²) in [6.07, 6.45) is 6.17. The molecule has 0 radical (unpaired) electrons. The van der Waals surface area contributed by atoms with Crippen LogP contribution in [0, 0.1) is 0 Å². The van der Waals surface area contributed by atoms with Gasteiger partial charge >= 0.3 is 0 Å². The van der Waals surface area contributed by atoms with Gasteiger partial charge in [-0.1, -0.05) is 48.5 Å². The average molecular weight is 427 g/mol. The number of nitrogen functional groups attached to an aromatic ring is 1. The minimum Gasteiger partial charge on any atom is -0.394 e. The highest BCUT2D eigenvalue weighted by molar-refractivity contribution is 5.98. The van der Waals surface area contributed by atoms with Gasteiger partial charge in [0.25, 0.3) is 11.8 Å². The van der Waals surface area contributed by atoms with Gasteiger partial charge in [0.05, 0.1) is 30.5 Å². The molecule has 0 bridgehead atoms. The van der Waals surface area contributed by atoms with Gasteiger partial charge in [0.1, 0.15) is 11.5 Å². The lowest BCUT2D eigenvalue weighted by Crippen LogP contribution is -2.30. The third kappa shape index (κ3) is 4.60. The molecule has 0 saturated carbocycles. The van der Waals surface area contributed by atoms with E-state index in [-0.39, 0.29) is 30.2 Å². The topological polar surface area (TPSA) is 131 Å². The molecule has 8 nitrogen and oxygen atoms in total. The van der Waals surface area contributed by atoms with Crippen LogP contribution in [0.4, 0.5) is 5.82 Å². The number of benzene rings is 2. The zero-order valence-electron chi connectivity index (χ0n) is 17.1. The van der Waals surface area contributed by atoms with Gasteiger partial charge in [-0.15, -0.1) is 0 Å². The molecule has 1 aliphatic heterocycles. The van der Waals surface area contributed by atoms with E-state index in [1.54, 1.807) is 36.5 Å². The first-order valence-electron chi connectivity index (χ1n) is 10.0. The molecule has 3 aromatic rings. The molecule has 0 spiro atoms. The maximum absolute atomic E-state index is 12.7. The molecule has 160 valence electrons. The second-order valence-electron chi connectivity index (χ2n) is 7.23. The number of aliphatic imine (C=N–C) groups is 1. The van der Waals surface area contributed by atoms with E-state index in [0.717, 1.165) is 5.56 Å². The van der Waals surface area contributed by atoms with Crippen LogP contribution in [-0.4, -0.2) is 39.7 Å². The average Bonchev–Trinajstić information content (AvgIpc) is 2.84. The highest BCUT2D eigenvalue weighted by Crippen LogP contribution is 2.26. The van der Waals surface area contributed by atoms with Crippen molar-refractivity contribution in [3.8, 4) is 11.3 Å². The number of allylic oxidation sites excluding steroid dienone is 1. The van der Waals surface area contributed by atoms with Crippen molar-refractivity contribution < 1.29 is 14.7 Å². The molecular weight excluding hydrogens is 406 g/mol. The Kier molecular flexibility index (Phi) is 6.14. The van der Waals surface area contributed by atoms with E-state index in [1.807, 2.05) is 30.3 Å². The molecule has 4 rings (SSSR count). The largest absolute Gasteiger partial charge is 0.394 e. The number of carbonyl (C=O) groups is 2. The van der Waals surface area contributed by atoms with Crippen molar-refractivity contribution in [2.24, 2.45) is 4.99 Å². The summed E-state index contributed by atoms with van der Waals surface area (Å²) < 4.78 is 0. The molecule has 4 N–H and O–H groups in total. The second-order valence-corrected chi connectivity index (χ2v) is 7.23. The predicted molar refractivity (Wildman–Crippen MR) is 121 cm³/mol. The molecule has 2 amide bonds. The van der Waals surface area contributed by atoms with Crippen molar-refractivity contribution in [3.05, 3.63) is 89.8 Å². The van der Waals surface area contributed by atoms with Crippen molar-refractivity contribution in [3.63, 3.8) is 0 Å². The Balaban J connectivity index is 1.53. The monoisotopic (exact) mass is 427 g/mol. The second kappa shape index (κ2) is 9.32. The van der Waals surface area contributed by atoms with Crippen molar-refractivity contribution in [1.82, 2.24) is 15.3 Å². The molecule has 8 heteroatoms. The third-order valence-corrected chi connectivity index (χ3v) is 5.08. The van der Waals surface area contributed by atoms with Gasteiger partial charge in [0.15, 0.2) is 0 Å². The number of rotatable bonds is 6. The summed E-state index contributed by atoms with van der Waals surface area (Å²) in [5.74, 6) is -0.629. The van der Waals surface area contributed by atoms with Gasteiger partial charge < -0.3 is 16.2 Å². The first-order valence-corrected chi connectivity index (χ1v) is 10.0. The maximum Gasteiger partial charge on any atom is 0.269 e. The molecule has 1 aromatic heterocycles. The standard InChI is InChI=1S/C24H21N5O3/c25-23-22(28-19(13-27-23)18-10-11-21(31)26-12-18)16-6-8-17(9-7-16)24(32)29-20(14-30)15-4-2-1-3-5-15/h1-13,18,20,30H,14H2,(H2,25,27)(H,29,32)/t18?,20-/m1/s1. The summed E-state index contributed by atoms with van der Waals surface area (Å²) in [6, 6.07) is 15.6. The maximum atomic E-state index is 12.7. The Morgan fingerprint density at radius 3 is 2.53 bits per heavy atom. The first kappa shape index (κ1) is 21.1. The van der Waals surface area contributed by atoms with Gasteiger partial charge in [0, 0.05) is 23.4 Å². The number of aliphatic hydroxyl groups is 1. The van der Waals surface area contributed by atoms with Crippen LogP contribution < -0.4 is 11.1 Å². The number of nitrogens with two attached hydrogens (primary N) is 1. The fraction of sp³-hybridized carbons (Fsp3) is 0.125. The number of nitrogens with one attached hydrogen (secondary N) is 1. The zero-order valence-corrected chi connectivity index (χ0v) is 17.1. The number of aromatic nitrogens is 2. The minimum atomic E-state index is -0.501. The van der Waals surface area contributed by atoms with Crippen molar-refractivity contribution in [2.45, 2.75) is 12.0 Å². The van der Waals surface area contributed by atoms with Gasteiger partial charge in [-0.2, -0.15) is 0 Å². The van der Waals surface area contributed by atoms with E-state index in [0.29, 0.717) is 22.5 Å². The van der Waals surface area contributed by atoms with E-state index < -0.39 is 6.04 Å². The molecule has 0 aliphatic carbocycles. The van der Waals surface area contributed by atoms with Crippen LogP contribution in [0.3, 0.4) is 0 Å². The number of carbonyl (C=O) groups excluding carboxylic acids is 2. The Bertz CT molecular complexity index is 1170. The summed E-state index contributed by atoms with van der Waals surface area (Å²) in [6.45, 7) is -0.211. The fourth-order valence-electron chi connectivity index (χ4n) is 3.33. The molecule has 2 aromatic carbocycles. The number of hydrogen-bond acceptors (Lipinski definition) is 6. The summed E-state index contributed by atoms with van der Waals surface area (Å²) in [4.78, 5) is 36.5. The summed E-state index contributed by atoms with van der Waals surface area (Å²) >= 11 is 0. The highest BCUT2D eigenvalue weighted by atomic mass is 16.3. The van der Waals surface area contributed by atoms with E-state index in [2.05, 4.69) is 20.3 Å². The zero-order chi connectivity index (χ0) is 22.5. The number of amides is 2. The summed E-state index contributed by atoms with van der Waals surface area (Å²) in [5.41, 5.74) is 9.07. The van der Waals surface area contributed by atoms with Gasteiger partial charge in [-0.25, -0.2) is 15.0 Å². The van der Waals surface area contributed by atoms with Gasteiger partial charge in [0.2, 0.25) is 0 Å². The molecule has 0 fully saturated rings. The number of nitrogens with zero attached hydrogens (tertiary/aromatic N) is 3. The van der Waals surface area contributed by atoms with Gasteiger partial charge in [-0.3, -0.25) is 9.59 Å². The number of anilines is 1. The predicted octanol–water partition coefficient (Wildman–Crippen LogP) is 2.44. The summed E-state index contributed by atoms with van der Waals surface area (Å²) in [5, 5.41) is 12.5. The fourth-order valence-corrected chi connectivity index (χ4v) is 3.33. The Hall–Kier alpha value is -4.17. The van der Waals surface area contributed by atoms with E-state index in [4.69, 9.17) is 5.73 Å². The molecule has 2 atom stereocenters. The third-order valence-electron chi connectivity index (χ3n) is 5.08. The molecule has 0 saturated heterocycles. The lowest BCUT2D eigenvalue weighted by Gasteiger charge is -2.17. The van der Waals surface area contributed by atoms with Gasteiger partial charge in [-0.05, 0) is 17.7 Å². The molecule has 2 heterocycles. The van der Waals surface area contributed by atoms with E-state index >= 15 is 0 Å². The van der Waals surface area contributed by atoms with Crippen LogP contribution in [0.2, 0.25) is 0 Å². The lowest BCUT2D eigenvalue weighted by atomic mass is 10.0. The van der Waals surface area contributed by atoms with Crippen molar-refractivity contribution in [1.29, 1.82) is 0 Å². The van der Waals surface area contributed by atoms with Crippen LogP contribution in [0.15, 0.2) is 77.9 Å². The number of dihydropyridines is 1. The molecule has 32 heavy (non-hydrogen) atoms. The Labute approximate surface area is 184 Å². The van der Waals surface area contributed by atoms with Crippen molar-refractivity contribution in [2.75, 3.05) is 12.3 Å². The normalized spacial score (nSPS) is 16.0. The number of hydrogen-bond donors (Lipinski definition) is 3. The lowest BCUT2D eigenvalue weighted by molar-refractivity contribution is -0.113. The highest BCUT2D eigenvalue weighted by Gasteiger charge is 2.17. The Morgan fingerprint density at radius 1 is 1.12 bits per heavy atom. The Morgan fingerprint density at radius 2 is 1.88 bits per heavy atom. The van der Waals surface area contributed by atoms with Crippen LogP contribution in [-0.2, 0) is 4.79 Å². The smallest absolute Gasteiger partial charge is 0.269 e. The van der Waals surface area contributed by atoms with Crippen LogP contribution in [0.5, 0.6) is 0 Å². The molecule has 1 unspecified atom stereocenters. The molecular formula is C24H21N5O3.